The molecule has 0 aromatic heterocycles. The van der Waals surface area contributed by atoms with Crippen LogP contribution in [0.15, 0.2) is 11.6 Å². The second-order valence-electron chi connectivity index (χ2n) is 6.88. The van der Waals surface area contributed by atoms with Gasteiger partial charge in [-0.05, 0) is 72.6 Å². The molecule has 19 heavy (non-hydrogen) atoms. The molecule has 0 unspecified atom stereocenters. The van der Waals surface area contributed by atoms with Crippen LogP contribution in [-0.2, 0) is 4.74 Å². The average Bonchev–Trinajstić information content (AvgIpc) is 2.25. The van der Waals surface area contributed by atoms with Crippen molar-refractivity contribution in [3.63, 3.8) is 0 Å². The van der Waals surface area contributed by atoms with Gasteiger partial charge in [-0.15, -0.1) is 0 Å². The summed E-state index contributed by atoms with van der Waals surface area (Å²) in [7, 11) is 0. The Balaban J connectivity index is 2.27. The van der Waals surface area contributed by atoms with E-state index in [4.69, 9.17) is 4.74 Å². The smallest absolute Gasteiger partial charge is 0.407 e. The van der Waals surface area contributed by atoms with Crippen molar-refractivity contribution in [3.8, 4) is 0 Å². The quantitative estimate of drug-likeness (QED) is 0.768. The standard InChI is InChI=1S/C16H29NO2/c1-12(2)6-7-13-8-10-14(11-9-13)17-15(18)19-16(3,4)5/h6,13-14H,7-11H2,1-5H3,(H,17,18). The number of nitrogens with one attached hydrogen (secondary N) is 1. The molecule has 1 aliphatic rings. The number of carbonyl (C=O) groups excluding carboxylic acids is 1. The number of rotatable bonds is 3. The predicted octanol–water partition coefficient (Wildman–Crippen LogP) is 4.43. The number of alkyl carbamates (subject to hydrolysis) is 1. The zero-order chi connectivity index (χ0) is 14.5. The van der Waals surface area contributed by atoms with E-state index in [1.165, 1.54) is 24.8 Å². The second-order valence-corrected chi connectivity index (χ2v) is 6.88. The third kappa shape index (κ3) is 7.24. The predicted molar refractivity (Wildman–Crippen MR) is 79.2 cm³/mol. The first kappa shape index (κ1) is 16.1. The van der Waals surface area contributed by atoms with Gasteiger partial charge in [-0.3, -0.25) is 0 Å². The van der Waals surface area contributed by atoms with E-state index >= 15 is 0 Å². The van der Waals surface area contributed by atoms with E-state index in [1.54, 1.807) is 0 Å². The molecule has 0 radical (unpaired) electrons. The van der Waals surface area contributed by atoms with Gasteiger partial charge in [0.2, 0.25) is 0 Å². The molecule has 0 aromatic rings. The van der Waals surface area contributed by atoms with Gasteiger partial charge in [-0.25, -0.2) is 4.79 Å². The van der Waals surface area contributed by atoms with E-state index in [2.05, 4.69) is 25.2 Å². The van der Waals surface area contributed by atoms with Crippen LogP contribution in [0.4, 0.5) is 4.79 Å². The second kappa shape index (κ2) is 6.97. The number of carbonyl (C=O) groups is 1. The summed E-state index contributed by atoms with van der Waals surface area (Å²) in [4.78, 5) is 11.7. The molecule has 1 amide bonds. The molecule has 0 atom stereocenters. The van der Waals surface area contributed by atoms with E-state index in [9.17, 15) is 4.79 Å². The fraction of sp³-hybridized carbons (Fsp3) is 0.812. The molecule has 0 bridgehead atoms. The number of hydrogen-bond acceptors (Lipinski definition) is 2. The highest BCUT2D eigenvalue weighted by molar-refractivity contribution is 5.68. The zero-order valence-electron chi connectivity index (χ0n) is 13.1. The van der Waals surface area contributed by atoms with Gasteiger partial charge in [0, 0.05) is 6.04 Å². The van der Waals surface area contributed by atoms with Crippen LogP contribution in [0.25, 0.3) is 0 Å². The summed E-state index contributed by atoms with van der Waals surface area (Å²) in [5.41, 5.74) is 0.985. The third-order valence-corrected chi connectivity index (χ3v) is 3.43. The van der Waals surface area contributed by atoms with Gasteiger partial charge in [0.1, 0.15) is 5.60 Å². The topological polar surface area (TPSA) is 38.3 Å². The van der Waals surface area contributed by atoms with Crippen molar-refractivity contribution < 1.29 is 9.53 Å². The lowest BCUT2D eigenvalue weighted by Gasteiger charge is -2.29. The molecule has 1 saturated carbocycles. The van der Waals surface area contributed by atoms with Crippen molar-refractivity contribution in [2.75, 3.05) is 0 Å². The molecular formula is C16H29NO2. The Morgan fingerprint density at radius 1 is 1.21 bits per heavy atom. The number of amides is 1. The largest absolute Gasteiger partial charge is 0.444 e. The van der Waals surface area contributed by atoms with Gasteiger partial charge in [0.05, 0.1) is 0 Å². The van der Waals surface area contributed by atoms with Gasteiger partial charge in [0.25, 0.3) is 0 Å². The summed E-state index contributed by atoms with van der Waals surface area (Å²) >= 11 is 0. The van der Waals surface area contributed by atoms with Crippen molar-refractivity contribution in [1.29, 1.82) is 0 Å². The van der Waals surface area contributed by atoms with Crippen LogP contribution in [0.5, 0.6) is 0 Å². The van der Waals surface area contributed by atoms with Gasteiger partial charge in [0.15, 0.2) is 0 Å². The van der Waals surface area contributed by atoms with Crippen LogP contribution in [0, 0.1) is 5.92 Å². The van der Waals surface area contributed by atoms with Crippen LogP contribution in [0.3, 0.4) is 0 Å². The molecule has 0 aliphatic heterocycles. The Hall–Kier alpha value is -0.990. The molecule has 0 heterocycles. The van der Waals surface area contributed by atoms with Crippen molar-refractivity contribution in [2.45, 2.75) is 78.4 Å². The molecule has 1 rings (SSSR count). The summed E-state index contributed by atoms with van der Waals surface area (Å²) in [5.74, 6) is 0.784. The number of allylic oxidation sites excluding steroid dienone is 2. The van der Waals surface area contributed by atoms with E-state index in [1.807, 2.05) is 20.8 Å². The lowest BCUT2D eigenvalue weighted by molar-refractivity contribution is 0.0487. The molecular weight excluding hydrogens is 238 g/mol. The van der Waals surface area contributed by atoms with Crippen molar-refractivity contribution in [2.24, 2.45) is 5.92 Å². The molecule has 0 aromatic carbocycles. The first-order valence-corrected chi connectivity index (χ1v) is 7.39. The minimum absolute atomic E-state index is 0.278. The van der Waals surface area contributed by atoms with Crippen LogP contribution >= 0.6 is 0 Å². The first-order valence-electron chi connectivity index (χ1n) is 7.39. The van der Waals surface area contributed by atoms with Crippen molar-refractivity contribution in [3.05, 3.63) is 11.6 Å². The monoisotopic (exact) mass is 267 g/mol. The fourth-order valence-corrected chi connectivity index (χ4v) is 2.42. The molecule has 0 saturated heterocycles. The van der Waals surface area contributed by atoms with Crippen LogP contribution in [0.1, 0.15) is 66.7 Å². The number of ether oxygens (including phenoxy) is 1. The highest BCUT2D eigenvalue weighted by Crippen LogP contribution is 2.27. The Morgan fingerprint density at radius 3 is 2.26 bits per heavy atom. The summed E-state index contributed by atoms with van der Waals surface area (Å²) in [6, 6.07) is 0.290. The maximum Gasteiger partial charge on any atom is 0.407 e. The summed E-state index contributed by atoms with van der Waals surface area (Å²) in [6.45, 7) is 9.97. The maximum absolute atomic E-state index is 11.7. The lowest BCUT2D eigenvalue weighted by Crippen LogP contribution is -2.40. The zero-order valence-corrected chi connectivity index (χ0v) is 13.1. The molecule has 1 N–H and O–H groups in total. The molecule has 1 aliphatic carbocycles. The first-order chi connectivity index (χ1) is 8.76. The van der Waals surface area contributed by atoms with Crippen molar-refractivity contribution in [1.82, 2.24) is 5.32 Å². The van der Waals surface area contributed by atoms with Crippen LogP contribution < -0.4 is 5.32 Å². The minimum atomic E-state index is -0.412. The lowest BCUT2D eigenvalue weighted by atomic mass is 9.84. The van der Waals surface area contributed by atoms with Gasteiger partial charge >= 0.3 is 6.09 Å². The van der Waals surface area contributed by atoms with E-state index in [0.29, 0.717) is 0 Å². The van der Waals surface area contributed by atoms with Gasteiger partial charge in [-0.2, -0.15) is 0 Å². The Kier molecular flexibility index (Phi) is 5.89. The summed E-state index contributed by atoms with van der Waals surface area (Å²) in [6.07, 6.45) is 7.77. The minimum Gasteiger partial charge on any atom is -0.444 e. The molecule has 3 nitrogen and oxygen atoms in total. The highest BCUT2D eigenvalue weighted by atomic mass is 16.6. The van der Waals surface area contributed by atoms with Crippen LogP contribution in [0.2, 0.25) is 0 Å². The van der Waals surface area contributed by atoms with E-state index in [-0.39, 0.29) is 12.1 Å². The van der Waals surface area contributed by atoms with Crippen molar-refractivity contribution >= 4 is 6.09 Å². The highest BCUT2D eigenvalue weighted by Gasteiger charge is 2.24. The summed E-state index contributed by atoms with van der Waals surface area (Å²) < 4.78 is 5.29. The van der Waals surface area contributed by atoms with Crippen LogP contribution in [-0.4, -0.2) is 17.7 Å². The molecule has 1 fully saturated rings. The Morgan fingerprint density at radius 2 is 1.79 bits per heavy atom. The molecule has 0 spiro atoms. The third-order valence-electron chi connectivity index (χ3n) is 3.43. The average molecular weight is 267 g/mol. The Labute approximate surface area is 117 Å². The molecule has 3 heteroatoms. The summed E-state index contributed by atoms with van der Waals surface area (Å²) in [5, 5.41) is 2.98. The Bertz CT molecular complexity index is 316. The normalized spacial score (nSPS) is 23.6. The van der Waals surface area contributed by atoms with E-state index in [0.717, 1.165) is 18.8 Å². The van der Waals surface area contributed by atoms with Gasteiger partial charge < -0.3 is 10.1 Å². The van der Waals surface area contributed by atoms with Gasteiger partial charge in [-0.1, -0.05) is 11.6 Å². The SMILES string of the molecule is CC(C)=CCC1CCC(NC(=O)OC(C)(C)C)CC1. The maximum atomic E-state index is 11.7. The fourth-order valence-electron chi connectivity index (χ4n) is 2.42. The molecule has 110 valence electrons. The number of hydrogen-bond donors (Lipinski definition) is 1. The van der Waals surface area contributed by atoms with E-state index < -0.39 is 5.60 Å².